The molecule has 20 heavy (non-hydrogen) atoms. The Morgan fingerprint density at radius 3 is 2.90 bits per heavy atom. The Bertz CT molecular complexity index is 648. The zero-order valence-electron chi connectivity index (χ0n) is 11.2. The van der Waals surface area contributed by atoms with Crippen molar-refractivity contribution in [1.82, 2.24) is 9.78 Å². The molecule has 1 heterocycles. The number of hydrogen-bond acceptors (Lipinski definition) is 2. The molecular weight excluding hydrogens is 253 g/mol. The third kappa shape index (κ3) is 2.57. The van der Waals surface area contributed by atoms with Crippen LogP contribution in [0.4, 0.5) is 4.39 Å². The minimum absolute atomic E-state index is 0.315. The SMILES string of the molecule is N#Cc1ccc(F)c(-c2cnn(CC3CCCC3)c2)c1. The lowest BCUT2D eigenvalue weighted by molar-refractivity contribution is 0.429. The van der Waals surface area contributed by atoms with Gasteiger partial charge in [-0.2, -0.15) is 10.4 Å². The molecule has 4 heteroatoms. The molecule has 0 amide bonds. The molecule has 1 aromatic carbocycles. The van der Waals surface area contributed by atoms with E-state index in [0.717, 1.165) is 12.1 Å². The highest BCUT2D eigenvalue weighted by atomic mass is 19.1. The van der Waals surface area contributed by atoms with Crippen LogP contribution in [-0.2, 0) is 6.54 Å². The maximum atomic E-state index is 13.9. The number of benzene rings is 1. The summed E-state index contributed by atoms with van der Waals surface area (Å²) in [6.45, 7) is 0.902. The summed E-state index contributed by atoms with van der Waals surface area (Å²) in [5.74, 6) is 0.377. The van der Waals surface area contributed by atoms with E-state index in [1.807, 2.05) is 16.9 Å². The molecule has 1 aliphatic rings. The zero-order valence-corrected chi connectivity index (χ0v) is 11.2. The van der Waals surface area contributed by atoms with E-state index >= 15 is 0 Å². The van der Waals surface area contributed by atoms with Gasteiger partial charge in [0.1, 0.15) is 5.82 Å². The fourth-order valence-electron chi connectivity index (χ4n) is 2.88. The maximum absolute atomic E-state index is 13.9. The molecule has 1 saturated carbocycles. The van der Waals surface area contributed by atoms with E-state index in [0.29, 0.717) is 17.0 Å². The van der Waals surface area contributed by atoms with Crippen molar-refractivity contribution in [2.75, 3.05) is 0 Å². The second-order valence-corrected chi connectivity index (χ2v) is 5.41. The summed E-state index contributed by atoms with van der Waals surface area (Å²) in [4.78, 5) is 0. The standard InChI is InChI=1S/C16H16FN3/c17-16-6-5-13(8-18)7-15(16)14-9-19-20(11-14)10-12-3-1-2-4-12/h5-7,9,11-12H,1-4,10H2. The van der Waals surface area contributed by atoms with Crippen molar-refractivity contribution in [1.29, 1.82) is 5.26 Å². The summed E-state index contributed by atoms with van der Waals surface area (Å²) in [5, 5.41) is 13.2. The molecule has 1 aromatic heterocycles. The van der Waals surface area contributed by atoms with Gasteiger partial charge in [-0.05, 0) is 37.0 Å². The lowest BCUT2D eigenvalue weighted by Gasteiger charge is -2.08. The highest BCUT2D eigenvalue weighted by molar-refractivity contribution is 5.64. The van der Waals surface area contributed by atoms with E-state index in [2.05, 4.69) is 5.10 Å². The summed E-state index contributed by atoms with van der Waals surface area (Å²) < 4.78 is 15.8. The van der Waals surface area contributed by atoms with Gasteiger partial charge < -0.3 is 0 Å². The topological polar surface area (TPSA) is 41.6 Å². The average molecular weight is 269 g/mol. The van der Waals surface area contributed by atoms with Crippen molar-refractivity contribution < 1.29 is 4.39 Å². The van der Waals surface area contributed by atoms with Crippen LogP contribution >= 0.6 is 0 Å². The Kier molecular flexibility index (Phi) is 3.51. The van der Waals surface area contributed by atoms with E-state index < -0.39 is 0 Å². The summed E-state index contributed by atoms with van der Waals surface area (Å²) >= 11 is 0. The predicted molar refractivity (Wildman–Crippen MR) is 74.3 cm³/mol. The van der Waals surface area contributed by atoms with Crippen molar-refractivity contribution in [2.24, 2.45) is 5.92 Å². The van der Waals surface area contributed by atoms with E-state index in [1.54, 1.807) is 12.3 Å². The normalized spacial score (nSPS) is 15.4. The Hall–Kier alpha value is -2.15. The van der Waals surface area contributed by atoms with Gasteiger partial charge in [0.05, 0.1) is 17.8 Å². The molecule has 102 valence electrons. The summed E-state index contributed by atoms with van der Waals surface area (Å²) in [7, 11) is 0. The third-order valence-corrected chi connectivity index (χ3v) is 3.96. The van der Waals surface area contributed by atoms with Gasteiger partial charge in [-0.15, -0.1) is 0 Å². The van der Waals surface area contributed by atoms with Crippen molar-refractivity contribution in [3.8, 4) is 17.2 Å². The van der Waals surface area contributed by atoms with E-state index in [4.69, 9.17) is 5.26 Å². The largest absolute Gasteiger partial charge is 0.272 e. The number of nitriles is 1. The molecule has 0 saturated heterocycles. The number of hydrogen-bond donors (Lipinski definition) is 0. The van der Waals surface area contributed by atoms with E-state index in [1.165, 1.54) is 37.8 Å². The predicted octanol–water partition coefficient (Wildman–Crippen LogP) is 3.75. The summed E-state index contributed by atoms with van der Waals surface area (Å²) in [5.41, 5.74) is 1.64. The zero-order chi connectivity index (χ0) is 13.9. The van der Waals surface area contributed by atoms with Crippen molar-refractivity contribution in [2.45, 2.75) is 32.2 Å². The number of nitrogens with zero attached hydrogens (tertiary/aromatic N) is 3. The van der Waals surface area contributed by atoms with Crippen molar-refractivity contribution >= 4 is 0 Å². The molecular formula is C16H16FN3. The molecule has 3 rings (SSSR count). The number of aromatic nitrogens is 2. The molecule has 0 radical (unpaired) electrons. The lowest BCUT2D eigenvalue weighted by atomic mass is 10.1. The number of halogens is 1. The van der Waals surface area contributed by atoms with Gasteiger partial charge in [-0.3, -0.25) is 4.68 Å². The summed E-state index contributed by atoms with van der Waals surface area (Å²) in [6.07, 6.45) is 8.67. The second kappa shape index (κ2) is 5.46. The smallest absolute Gasteiger partial charge is 0.131 e. The maximum Gasteiger partial charge on any atom is 0.131 e. The van der Waals surface area contributed by atoms with Gasteiger partial charge in [0.25, 0.3) is 0 Å². The fraction of sp³-hybridized carbons (Fsp3) is 0.375. The average Bonchev–Trinajstić information content (AvgIpc) is 3.12. The molecule has 1 aliphatic carbocycles. The van der Waals surface area contributed by atoms with Crippen LogP contribution in [0.3, 0.4) is 0 Å². The molecule has 1 fully saturated rings. The summed E-state index contributed by atoms with van der Waals surface area (Å²) in [6, 6.07) is 6.44. The van der Waals surface area contributed by atoms with Crippen LogP contribution in [-0.4, -0.2) is 9.78 Å². The first-order valence-corrected chi connectivity index (χ1v) is 6.99. The quantitative estimate of drug-likeness (QED) is 0.851. The van der Waals surface area contributed by atoms with Gasteiger partial charge >= 0.3 is 0 Å². The molecule has 0 spiro atoms. The van der Waals surface area contributed by atoms with Gasteiger partial charge in [-0.1, -0.05) is 12.8 Å². The molecule has 0 unspecified atom stereocenters. The van der Waals surface area contributed by atoms with Crippen LogP contribution in [0, 0.1) is 23.1 Å². The second-order valence-electron chi connectivity index (χ2n) is 5.41. The Morgan fingerprint density at radius 2 is 2.15 bits per heavy atom. The first-order chi connectivity index (χ1) is 9.76. The van der Waals surface area contributed by atoms with E-state index in [-0.39, 0.29) is 5.82 Å². The third-order valence-electron chi connectivity index (χ3n) is 3.96. The molecule has 2 aromatic rings. The van der Waals surface area contributed by atoms with Crippen LogP contribution < -0.4 is 0 Å². The van der Waals surface area contributed by atoms with Crippen LogP contribution in [0.2, 0.25) is 0 Å². The van der Waals surface area contributed by atoms with Crippen LogP contribution in [0.5, 0.6) is 0 Å². The van der Waals surface area contributed by atoms with Gasteiger partial charge in [0.15, 0.2) is 0 Å². The van der Waals surface area contributed by atoms with Crippen LogP contribution in [0.25, 0.3) is 11.1 Å². The Morgan fingerprint density at radius 1 is 1.35 bits per heavy atom. The van der Waals surface area contributed by atoms with Crippen molar-refractivity contribution in [3.63, 3.8) is 0 Å². The van der Waals surface area contributed by atoms with E-state index in [9.17, 15) is 4.39 Å². The molecule has 0 N–H and O–H groups in total. The fourth-order valence-corrected chi connectivity index (χ4v) is 2.88. The Balaban J connectivity index is 1.84. The minimum atomic E-state index is -0.315. The first kappa shape index (κ1) is 12.9. The first-order valence-electron chi connectivity index (χ1n) is 6.99. The minimum Gasteiger partial charge on any atom is -0.272 e. The Labute approximate surface area is 117 Å². The monoisotopic (exact) mass is 269 g/mol. The molecule has 3 nitrogen and oxygen atoms in total. The lowest BCUT2D eigenvalue weighted by Crippen LogP contribution is -2.07. The highest BCUT2D eigenvalue weighted by Gasteiger charge is 2.16. The number of rotatable bonds is 3. The highest BCUT2D eigenvalue weighted by Crippen LogP contribution is 2.27. The van der Waals surface area contributed by atoms with Crippen molar-refractivity contribution in [3.05, 3.63) is 42.0 Å². The molecule has 0 atom stereocenters. The van der Waals surface area contributed by atoms with Gasteiger partial charge in [-0.25, -0.2) is 4.39 Å². The van der Waals surface area contributed by atoms with Gasteiger partial charge in [0.2, 0.25) is 0 Å². The van der Waals surface area contributed by atoms with Crippen LogP contribution in [0.1, 0.15) is 31.2 Å². The van der Waals surface area contributed by atoms with Gasteiger partial charge in [0, 0.05) is 23.9 Å². The molecule has 0 bridgehead atoms. The molecule has 0 aliphatic heterocycles. The van der Waals surface area contributed by atoms with Crippen LogP contribution in [0.15, 0.2) is 30.6 Å².